The van der Waals surface area contributed by atoms with Crippen molar-refractivity contribution in [2.75, 3.05) is 30.0 Å². The van der Waals surface area contributed by atoms with E-state index in [0.29, 0.717) is 36.4 Å². The number of benzene rings is 1. The molecule has 28 heavy (non-hydrogen) atoms. The van der Waals surface area contributed by atoms with Crippen LogP contribution in [0.4, 0.5) is 10.8 Å². The number of ether oxygens (including phenoxy) is 2. The Labute approximate surface area is 166 Å². The van der Waals surface area contributed by atoms with Crippen LogP contribution < -0.4 is 19.7 Å². The fourth-order valence-corrected chi connectivity index (χ4v) is 5.00. The van der Waals surface area contributed by atoms with E-state index in [1.165, 1.54) is 11.3 Å². The van der Waals surface area contributed by atoms with Crippen LogP contribution in [0.1, 0.15) is 29.8 Å². The highest BCUT2D eigenvalue weighted by molar-refractivity contribution is 7.15. The van der Waals surface area contributed by atoms with Crippen molar-refractivity contribution in [1.29, 1.82) is 0 Å². The number of nitrogens with zero attached hydrogens (tertiary/aromatic N) is 2. The summed E-state index contributed by atoms with van der Waals surface area (Å²) in [6.45, 7) is 1.38. The monoisotopic (exact) mass is 399 g/mol. The van der Waals surface area contributed by atoms with E-state index in [9.17, 15) is 9.59 Å². The maximum atomic E-state index is 12.7. The Morgan fingerprint density at radius 2 is 2.00 bits per heavy atom. The predicted octanol–water partition coefficient (Wildman–Crippen LogP) is 2.78. The first-order chi connectivity index (χ1) is 13.7. The van der Waals surface area contributed by atoms with Crippen LogP contribution in [0.15, 0.2) is 18.2 Å². The lowest BCUT2D eigenvalue weighted by Gasteiger charge is -2.22. The molecule has 3 heterocycles. The quantitative estimate of drug-likeness (QED) is 0.858. The van der Waals surface area contributed by atoms with Crippen LogP contribution in [0.3, 0.4) is 0 Å². The van der Waals surface area contributed by atoms with Gasteiger partial charge in [0.1, 0.15) is 13.2 Å². The first kappa shape index (κ1) is 17.5. The fourth-order valence-electron chi connectivity index (χ4n) is 3.95. The summed E-state index contributed by atoms with van der Waals surface area (Å²) in [5, 5.41) is 3.58. The summed E-state index contributed by atoms with van der Waals surface area (Å²) in [6.07, 6.45) is 4.57. The van der Waals surface area contributed by atoms with Gasteiger partial charge in [-0.2, -0.15) is 0 Å². The number of aryl methyl sites for hydroxylation is 2. The summed E-state index contributed by atoms with van der Waals surface area (Å²) < 4.78 is 11.1. The van der Waals surface area contributed by atoms with E-state index in [4.69, 9.17) is 9.47 Å². The molecule has 0 unspecified atom stereocenters. The average Bonchev–Trinajstić information content (AvgIpc) is 3.30. The van der Waals surface area contributed by atoms with Gasteiger partial charge in [0.15, 0.2) is 16.6 Å². The second-order valence-corrected chi connectivity index (χ2v) is 8.40. The normalized spacial score (nSPS) is 20.8. The van der Waals surface area contributed by atoms with E-state index in [1.807, 2.05) is 18.2 Å². The summed E-state index contributed by atoms with van der Waals surface area (Å²) >= 11 is 1.56. The summed E-state index contributed by atoms with van der Waals surface area (Å²) in [5.41, 5.74) is 1.85. The second-order valence-electron chi connectivity index (χ2n) is 7.32. The molecule has 3 aliphatic rings. The third kappa shape index (κ3) is 3.22. The average molecular weight is 399 g/mol. The van der Waals surface area contributed by atoms with Gasteiger partial charge in [0.25, 0.3) is 0 Å². The molecule has 1 N–H and O–H groups in total. The summed E-state index contributed by atoms with van der Waals surface area (Å²) in [5.74, 6) is 0.734. The van der Waals surface area contributed by atoms with Gasteiger partial charge >= 0.3 is 0 Å². The van der Waals surface area contributed by atoms with Crippen molar-refractivity contribution < 1.29 is 19.1 Å². The summed E-state index contributed by atoms with van der Waals surface area (Å²) in [7, 11) is 0. The molecule has 146 valence electrons. The highest BCUT2D eigenvalue weighted by Crippen LogP contribution is 2.36. The number of thiazole rings is 1. The van der Waals surface area contributed by atoms with Gasteiger partial charge in [-0.25, -0.2) is 4.98 Å². The van der Waals surface area contributed by atoms with E-state index >= 15 is 0 Å². The predicted molar refractivity (Wildman–Crippen MR) is 105 cm³/mol. The first-order valence-corrected chi connectivity index (χ1v) is 10.5. The third-order valence-electron chi connectivity index (χ3n) is 5.41. The van der Waals surface area contributed by atoms with Gasteiger partial charge in [0.2, 0.25) is 11.8 Å². The van der Waals surface area contributed by atoms with Crippen LogP contribution >= 0.6 is 11.3 Å². The van der Waals surface area contributed by atoms with Crippen molar-refractivity contribution in [3.05, 3.63) is 28.8 Å². The molecule has 1 aliphatic carbocycles. The van der Waals surface area contributed by atoms with Crippen LogP contribution in [-0.4, -0.2) is 36.6 Å². The van der Waals surface area contributed by atoms with Gasteiger partial charge in [0.05, 0.1) is 11.6 Å². The molecule has 1 aromatic heterocycles. The SMILES string of the molecule is O=C(Nc1nc2c(s1)CCCC2)[C@@H]1CC(=O)N(c2ccc3c(c2)OCCO3)C1. The molecule has 7 nitrogen and oxygen atoms in total. The summed E-state index contributed by atoms with van der Waals surface area (Å²) in [4.78, 5) is 32.7. The van der Waals surface area contributed by atoms with Crippen molar-refractivity contribution in [2.45, 2.75) is 32.1 Å². The van der Waals surface area contributed by atoms with E-state index in [2.05, 4.69) is 10.3 Å². The standard InChI is InChI=1S/C20H21N3O4S/c24-18-9-12(19(25)22-20-21-14-3-1-2-4-17(14)28-20)11-23(18)13-5-6-15-16(10-13)27-8-7-26-15/h5-6,10,12H,1-4,7-9,11H2,(H,21,22,25)/t12-/m1/s1. The Balaban J connectivity index is 1.28. The Kier molecular flexibility index (Phi) is 4.43. The number of aromatic nitrogens is 1. The molecule has 1 atom stereocenters. The zero-order valence-corrected chi connectivity index (χ0v) is 16.2. The molecule has 1 fully saturated rings. The minimum absolute atomic E-state index is 0.0599. The fraction of sp³-hybridized carbons (Fsp3) is 0.450. The highest BCUT2D eigenvalue weighted by Gasteiger charge is 2.36. The topological polar surface area (TPSA) is 80.8 Å². The molecule has 1 aromatic carbocycles. The van der Waals surface area contributed by atoms with Crippen LogP contribution in [0.2, 0.25) is 0 Å². The molecule has 0 saturated carbocycles. The van der Waals surface area contributed by atoms with E-state index in [-0.39, 0.29) is 24.2 Å². The second kappa shape index (κ2) is 7.09. The van der Waals surface area contributed by atoms with Gasteiger partial charge in [0, 0.05) is 29.6 Å². The van der Waals surface area contributed by atoms with E-state index < -0.39 is 0 Å². The van der Waals surface area contributed by atoms with E-state index in [0.717, 1.165) is 30.6 Å². The van der Waals surface area contributed by atoms with Crippen molar-refractivity contribution in [3.8, 4) is 11.5 Å². The first-order valence-electron chi connectivity index (χ1n) is 9.67. The lowest BCUT2D eigenvalue weighted by Crippen LogP contribution is -2.28. The Bertz CT molecular complexity index is 918. The number of anilines is 2. The molecule has 2 aromatic rings. The number of hydrogen-bond acceptors (Lipinski definition) is 6. The zero-order valence-electron chi connectivity index (χ0n) is 15.4. The van der Waals surface area contributed by atoms with Crippen molar-refractivity contribution in [3.63, 3.8) is 0 Å². The number of amides is 2. The molecule has 0 spiro atoms. The zero-order chi connectivity index (χ0) is 19.1. The van der Waals surface area contributed by atoms with Crippen LogP contribution in [0.5, 0.6) is 11.5 Å². The highest BCUT2D eigenvalue weighted by atomic mass is 32.1. The molecule has 2 aliphatic heterocycles. The number of carbonyl (C=O) groups is 2. The largest absolute Gasteiger partial charge is 0.486 e. The molecule has 0 radical (unpaired) electrons. The Morgan fingerprint density at radius 1 is 1.18 bits per heavy atom. The van der Waals surface area contributed by atoms with Gasteiger partial charge in [-0.15, -0.1) is 11.3 Å². The molecular weight excluding hydrogens is 378 g/mol. The third-order valence-corrected chi connectivity index (χ3v) is 6.48. The number of carbonyl (C=O) groups excluding carboxylic acids is 2. The molecule has 8 heteroatoms. The molecule has 5 rings (SSSR count). The Morgan fingerprint density at radius 3 is 2.86 bits per heavy atom. The minimum atomic E-state index is -0.387. The van der Waals surface area contributed by atoms with Gasteiger partial charge in [-0.3, -0.25) is 9.59 Å². The maximum absolute atomic E-state index is 12.7. The molecule has 1 saturated heterocycles. The maximum Gasteiger partial charge on any atom is 0.231 e. The molecule has 2 amide bonds. The van der Waals surface area contributed by atoms with Crippen LogP contribution in [-0.2, 0) is 22.4 Å². The number of hydrogen-bond donors (Lipinski definition) is 1. The van der Waals surface area contributed by atoms with Gasteiger partial charge in [-0.05, 0) is 37.8 Å². The number of fused-ring (bicyclic) bond motifs is 2. The van der Waals surface area contributed by atoms with Crippen molar-refractivity contribution >= 4 is 34.0 Å². The smallest absolute Gasteiger partial charge is 0.231 e. The minimum Gasteiger partial charge on any atom is -0.486 e. The van der Waals surface area contributed by atoms with Gasteiger partial charge in [-0.1, -0.05) is 0 Å². The van der Waals surface area contributed by atoms with Crippen LogP contribution in [0, 0.1) is 5.92 Å². The van der Waals surface area contributed by atoms with Crippen molar-refractivity contribution in [2.24, 2.45) is 5.92 Å². The van der Waals surface area contributed by atoms with E-state index in [1.54, 1.807) is 16.2 Å². The van der Waals surface area contributed by atoms with Gasteiger partial charge < -0.3 is 19.7 Å². The number of rotatable bonds is 3. The van der Waals surface area contributed by atoms with Crippen LogP contribution in [0.25, 0.3) is 0 Å². The summed E-state index contributed by atoms with van der Waals surface area (Å²) in [6, 6.07) is 5.45. The molecule has 0 bridgehead atoms. The van der Waals surface area contributed by atoms with Crippen molar-refractivity contribution in [1.82, 2.24) is 4.98 Å². The molecular formula is C20H21N3O4S. The Hall–Kier alpha value is -2.61. The lowest BCUT2D eigenvalue weighted by molar-refractivity contribution is -0.122. The lowest BCUT2D eigenvalue weighted by atomic mass is 10.0. The number of nitrogens with one attached hydrogen (secondary N) is 1.